The molecule has 0 aliphatic carbocycles. The summed E-state index contributed by atoms with van der Waals surface area (Å²) in [4.78, 5) is 28.2. The predicted octanol–water partition coefficient (Wildman–Crippen LogP) is 3.97. The van der Waals surface area contributed by atoms with Crippen molar-refractivity contribution >= 4 is 28.1 Å². The molecule has 9 heteroatoms. The van der Waals surface area contributed by atoms with E-state index in [0.29, 0.717) is 43.5 Å². The quantitative estimate of drug-likeness (QED) is 0.658. The van der Waals surface area contributed by atoms with E-state index in [2.05, 4.69) is 20.3 Å². The summed E-state index contributed by atoms with van der Waals surface area (Å²) in [5.74, 6) is 0.734. The molecule has 0 saturated carbocycles. The summed E-state index contributed by atoms with van der Waals surface area (Å²) in [7, 11) is 0. The van der Waals surface area contributed by atoms with Gasteiger partial charge in [-0.15, -0.1) is 11.3 Å². The molecule has 0 unspecified atom stereocenters. The smallest absolute Gasteiger partial charge is 0.291 e. The number of ether oxygens (including phenoxy) is 1. The third-order valence-corrected chi connectivity index (χ3v) is 5.74. The van der Waals surface area contributed by atoms with Crippen LogP contribution < -0.4 is 5.32 Å². The highest BCUT2D eigenvalue weighted by molar-refractivity contribution is 7.13. The molecule has 4 rings (SSSR count). The zero-order valence-corrected chi connectivity index (χ0v) is 18.4. The van der Waals surface area contributed by atoms with E-state index in [4.69, 9.17) is 9.15 Å². The molecule has 3 aromatic rings. The van der Waals surface area contributed by atoms with Crippen molar-refractivity contribution in [3.05, 3.63) is 51.9 Å². The summed E-state index contributed by atoms with van der Waals surface area (Å²) < 4.78 is 11.6. The molecule has 158 valence electrons. The van der Waals surface area contributed by atoms with Crippen molar-refractivity contribution in [3.63, 3.8) is 0 Å². The highest BCUT2D eigenvalue weighted by Gasteiger charge is 2.30. The lowest BCUT2D eigenvalue weighted by atomic mass is 10.1. The van der Waals surface area contributed by atoms with Crippen molar-refractivity contribution in [2.24, 2.45) is 0 Å². The molecule has 0 bridgehead atoms. The zero-order chi connectivity index (χ0) is 21.3. The van der Waals surface area contributed by atoms with Gasteiger partial charge in [0.25, 0.3) is 5.91 Å². The Bertz CT molecular complexity index is 1060. The van der Waals surface area contributed by atoms with E-state index < -0.39 is 0 Å². The van der Waals surface area contributed by atoms with E-state index in [9.17, 15) is 4.79 Å². The minimum absolute atomic E-state index is 0.155. The van der Waals surface area contributed by atoms with Crippen LogP contribution in [0.2, 0.25) is 0 Å². The average Bonchev–Trinajstić information content (AvgIpc) is 3.32. The van der Waals surface area contributed by atoms with Crippen LogP contribution in [0.15, 0.2) is 21.9 Å². The van der Waals surface area contributed by atoms with E-state index >= 15 is 0 Å². The first-order chi connectivity index (χ1) is 14.4. The van der Waals surface area contributed by atoms with Crippen LogP contribution in [0.3, 0.4) is 0 Å². The normalized spacial score (nSPS) is 16.7. The molecule has 1 N–H and O–H groups in total. The van der Waals surface area contributed by atoms with E-state index in [-0.39, 0.29) is 12.0 Å². The van der Waals surface area contributed by atoms with E-state index in [1.807, 2.05) is 38.3 Å². The molecule has 4 heterocycles. The number of hydrogen-bond acceptors (Lipinski definition) is 8. The van der Waals surface area contributed by atoms with Crippen LogP contribution in [0.4, 0.5) is 10.8 Å². The summed E-state index contributed by atoms with van der Waals surface area (Å²) in [6.07, 6.45) is 0.344. The van der Waals surface area contributed by atoms with E-state index in [1.54, 1.807) is 23.2 Å². The molecule has 1 fully saturated rings. The first-order valence-corrected chi connectivity index (χ1v) is 10.9. The van der Waals surface area contributed by atoms with Gasteiger partial charge in [-0.2, -0.15) is 0 Å². The molecule has 30 heavy (non-hydrogen) atoms. The number of aryl methyl sites for hydroxylation is 4. The van der Waals surface area contributed by atoms with Gasteiger partial charge in [-0.05, 0) is 32.9 Å². The average molecular weight is 428 g/mol. The lowest BCUT2D eigenvalue weighted by molar-refractivity contribution is -0.0257. The summed E-state index contributed by atoms with van der Waals surface area (Å²) >= 11 is 1.56. The fourth-order valence-corrected chi connectivity index (χ4v) is 4.13. The molecule has 0 aromatic carbocycles. The lowest BCUT2D eigenvalue weighted by Crippen LogP contribution is -2.42. The number of nitrogens with one attached hydrogen (secondary N) is 1. The maximum atomic E-state index is 13.0. The van der Waals surface area contributed by atoms with Crippen LogP contribution in [0.1, 0.15) is 52.2 Å². The van der Waals surface area contributed by atoms with Crippen LogP contribution in [0.25, 0.3) is 0 Å². The SMILES string of the molecule is CCc1nc(C)c(C(=O)N2CCO[C@H](c3cc(Nc4nc(C)cs4)cc(C)n3)C2)o1. The first kappa shape index (κ1) is 20.5. The van der Waals surface area contributed by atoms with E-state index in [0.717, 1.165) is 27.9 Å². The molecule has 3 aromatic heterocycles. The fourth-order valence-electron chi connectivity index (χ4n) is 3.42. The Morgan fingerprint density at radius 1 is 1.23 bits per heavy atom. The number of aromatic nitrogens is 3. The molecule has 0 spiro atoms. The van der Waals surface area contributed by atoms with Crippen LogP contribution in [0, 0.1) is 20.8 Å². The number of rotatable bonds is 5. The molecule has 1 aliphatic rings. The molecule has 1 atom stereocenters. The number of pyridine rings is 1. The highest BCUT2D eigenvalue weighted by Crippen LogP contribution is 2.27. The van der Waals surface area contributed by atoms with Gasteiger partial charge in [0, 0.05) is 29.7 Å². The molecule has 1 aliphatic heterocycles. The van der Waals surface area contributed by atoms with Gasteiger partial charge in [-0.3, -0.25) is 9.78 Å². The van der Waals surface area contributed by atoms with Gasteiger partial charge in [0.2, 0.25) is 5.76 Å². The topological polar surface area (TPSA) is 93.4 Å². The maximum absolute atomic E-state index is 13.0. The van der Waals surface area contributed by atoms with Crippen molar-refractivity contribution in [1.29, 1.82) is 0 Å². The number of amides is 1. The van der Waals surface area contributed by atoms with Gasteiger partial charge in [0.1, 0.15) is 6.10 Å². The summed E-state index contributed by atoms with van der Waals surface area (Å²) in [5, 5.41) is 6.16. The number of thiazole rings is 1. The van der Waals surface area contributed by atoms with Gasteiger partial charge < -0.3 is 19.4 Å². The fraction of sp³-hybridized carbons (Fsp3) is 0.429. The number of oxazole rings is 1. The largest absolute Gasteiger partial charge is 0.435 e. The standard InChI is InChI=1S/C21H25N5O3S/c1-5-18-24-14(4)19(29-18)20(27)26-6-7-28-17(10-26)16-9-15(8-12(2)22-16)25-21-23-13(3)11-30-21/h8-9,11,17H,5-7,10H2,1-4H3,(H,22,23,25)/t17-/m0/s1. The number of hydrogen-bond donors (Lipinski definition) is 1. The summed E-state index contributed by atoms with van der Waals surface area (Å²) in [6, 6.07) is 3.92. The Hall–Kier alpha value is -2.78. The van der Waals surface area contributed by atoms with Gasteiger partial charge in [-0.1, -0.05) is 6.92 Å². The van der Waals surface area contributed by atoms with Gasteiger partial charge in [0.15, 0.2) is 11.0 Å². The Labute approximate surface area is 179 Å². The number of nitrogens with zero attached hydrogens (tertiary/aromatic N) is 4. The third-order valence-electron chi connectivity index (χ3n) is 4.86. The Morgan fingerprint density at radius 2 is 2.07 bits per heavy atom. The third kappa shape index (κ3) is 4.36. The second-order valence-electron chi connectivity index (χ2n) is 7.33. The van der Waals surface area contributed by atoms with Crippen molar-refractivity contribution in [2.75, 3.05) is 25.0 Å². The van der Waals surface area contributed by atoms with Gasteiger partial charge in [0.05, 0.1) is 30.2 Å². The highest BCUT2D eigenvalue weighted by atomic mass is 32.1. The number of morpholine rings is 1. The second-order valence-corrected chi connectivity index (χ2v) is 8.19. The molecular formula is C21H25N5O3S. The summed E-state index contributed by atoms with van der Waals surface area (Å²) in [6.45, 7) is 9.01. The molecule has 1 amide bonds. The molecular weight excluding hydrogens is 402 g/mol. The number of carbonyl (C=O) groups is 1. The van der Waals surface area contributed by atoms with Crippen molar-refractivity contribution < 1.29 is 13.9 Å². The van der Waals surface area contributed by atoms with Crippen molar-refractivity contribution in [1.82, 2.24) is 19.9 Å². The molecule has 0 radical (unpaired) electrons. The monoisotopic (exact) mass is 427 g/mol. The minimum Gasteiger partial charge on any atom is -0.435 e. The van der Waals surface area contributed by atoms with Gasteiger partial charge >= 0.3 is 0 Å². The van der Waals surface area contributed by atoms with Crippen LogP contribution in [0.5, 0.6) is 0 Å². The predicted molar refractivity (Wildman–Crippen MR) is 114 cm³/mol. The van der Waals surface area contributed by atoms with Crippen molar-refractivity contribution in [3.8, 4) is 0 Å². The Balaban J connectivity index is 1.52. The number of carbonyl (C=O) groups excluding carboxylic acids is 1. The maximum Gasteiger partial charge on any atom is 0.291 e. The van der Waals surface area contributed by atoms with Crippen LogP contribution in [-0.2, 0) is 11.2 Å². The van der Waals surface area contributed by atoms with Crippen molar-refractivity contribution in [2.45, 2.75) is 40.2 Å². The van der Waals surface area contributed by atoms with Crippen LogP contribution in [-0.4, -0.2) is 45.5 Å². The Kier molecular flexibility index (Phi) is 5.83. The van der Waals surface area contributed by atoms with E-state index in [1.165, 1.54) is 0 Å². The van der Waals surface area contributed by atoms with Gasteiger partial charge in [-0.25, -0.2) is 9.97 Å². The second kappa shape index (κ2) is 8.53. The lowest BCUT2D eigenvalue weighted by Gasteiger charge is -2.32. The Morgan fingerprint density at radius 3 is 2.77 bits per heavy atom. The first-order valence-electron chi connectivity index (χ1n) is 9.98. The van der Waals surface area contributed by atoms with Crippen LogP contribution >= 0.6 is 11.3 Å². The molecule has 1 saturated heterocycles. The molecule has 8 nitrogen and oxygen atoms in total. The zero-order valence-electron chi connectivity index (χ0n) is 17.6. The minimum atomic E-state index is -0.310. The summed E-state index contributed by atoms with van der Waals surface area (Å²) in [5.41, 5.74) is 4.16. The number of anilines is 2.